The maximum absolute atomic E-state index is 4.68. The van der Waals surface area contributed by atoms with Crippen LogP contribution in [0.4, 0.5) is 0 Å². The van der Waals surface area contributed by atoms with Gasteiger partial charge in [-0.2, -0.15) is 0 Å². The third-order valence-electron chi connectivity index (χ3n) is 7.32. The predicted octanol–water partition coefficient (Wildman–Crippen LogP) is 8.26. The van der Waals surface area contributed by atoms with Crippen LogP contribution in [0.1, 0.15) is 30.5 Å². The van der Waals surface area contributed by atoms with E-state index < -0.39 is 8.07 Å². The number of aromatic nitrogens is 2. The van der Waals surface area contributed by atoms with Gasteiger partial charge < -0.3 is 9.97 Å². The number of fused-ring (bicyclic) bond motifs is 3. The summed E-state index contributed by atoms with van der Waals surface area (Å²) >= 11 is 0. The molecule has 3 aromatic carbocycles. The van der Waals surface area contributed by atoms with Gasteiger partial charge in [0.25, 0.3) is 0 Å². The Morgan fingerprint density at radius 2 is 1.28 bits per heavy atom. The van der Waals surface area contributed by atoms with Crippen molar-refractivity contribution in [3.8, 4) is 33.6 Å². The molecule has 0 bridgehead atoms. The fourth-order valence-corrected chi connectivity index (χ4v) is 6.03. The number of rotatable bonds is 3. The molecule has 0 saturated carbocycles. The topological polar surface area (TPSA) is 25.8 Å². The van der Waals surface area contributed by atoms with Crippen molar-refractivity contribution in [1.29, 1.82) is 0 Å². The number of pyridine rings is 2. The molecule has 1 aliphatic rings. The summed E-state index contributed by atoms with van der Waals surface area (Å²) in [5.74, 6) is 0. The van der Waals surface area contributed by atoms with Crippen LogP contribution in [0.25, 0.3) is 33.6 Å². The first-order valence-electron chi connectivity index (χ1n) is 13.2. The molecule has 2 heterocycles. The number of hydrogen-bond acceptors (Lipinski definition) is 2. The first kappa shape index (κ1) is 28.8. The largest absolute Gasteiger partial charge is 0.305 e. The van der Waals surface area contributed by atoms with Crippen LogP contribution >= 0.6 is 0 Å². The summed E-state index contributed by atoms with van der Waals surface area (Å²) in [4.78, 5) is 9.20. The maximum Gasteiger partial charge on any atom is 0.0795 e. The van der Waals surface area contributed by atoms with E-state index >= 15 is 0 Å². The zero-order chi connectivity index (χ0) is 26.9. The molecule has 2 aromatic heterocycles. The first-order chi connectivity index (χ1) is 18.1. The van der Waals surface area contributed by atoms with Crippen LogP contribution in [0.3, 0.4) is 0 Å². The molecular weight excluding hydrogens is 669 g/mol. The molecule has 0 aliphatic heterocycles. The maximum atomic E-state index is 4.68. The summed E-state index contributed by atoms with van der Waals surface area (Å²) in [6, 6.07) is 35.7. The van der Waals surface area contributed by atoms with Gasteiger partial charge >= 0.3 is 0 Å². The second kappa shape index (κ2) is 11.5. The van der Waals surface area contributed by atoms with Crippen molar-refractivity contribution < 1.29 is 20.1 Å². The number of hydrogen-bond donors (Lipinski definition) is 0. The number of benzene rings is 3. The van der Waals surface area contributed by atoms with Gasteiger partial charge in [0.05, 0.1) is 8.07 Å². The Labute approximate surface area is 248 Å². The monoisotopic (exact) mass is 703 g/mol. The van der Waals surface area contributed by atoms with E-state index in [-0.39, 0.29) is 25.5 Å². The fourth-order valence-electron chi connectivity index (χ4n) is 4.99. The van der Waals surface area contributed by atoms with E-state index in [0.29, 0.717) is 0 Å². The zero-order valence-corrected chi connectivity index (χ0v) is 26.9. The van der Waals surface area contributed by atoms with Crippen molar-refractivity contribution in [1.82, 2.24) is 9.97 Å². The molecule has 2 nitrogen and oxygen atoms in total. The second-order valence-electron chi connectivity index (χ2n) is 11.5. The molecule has 1 radical (unpaired) electrons. The van der Waals surface area contributed by atoms with E-state index in [1.807, 2.05) is 54.9 Å². The Kier molecular flexibility index (Phi) is 8.51. The molecule has 4 heteroatoms. The number of aryl methyl sites for hydroxylation is 1. The molecule has 0 spiro atoms. The molecule has 39 heavy (non-hydrogen) atoms. The van der Waals surface area contributed by atoms with Gasteiger partial charge in [0.15, 0.2) is 0 Å². The van der Waals surface area contributed by atoms with Crippen LogP contribution in [0.5, 0.6) is 0 Å². The molecule has 0 N–H and O–H groups in total. The molecule has 5 aromatic rings. The van der Waals surface area contributed by atoms with E-state index in [9.17, 15) is 0 Å². The van der Waals surface area contributed by atoms with Crippen LogP contribution in [0.15, 0.2) is 97.3 Å². The third kappa shape index (κ3) is 6.04. The summed E-state index contributed by atoms with van der Waals surface area (Å²) in [5.41, 5.74) is 10.8. The molecule has 0 atom stereocenters. The summed E-state index contributed by atoms with van der Waals surface area (Å²) < 4.78 is 0. The zero-order valence-electron chi connectivity index (χ0n) is 23.5. The van der Waals surface area contributed by atoms with Gasteiger partial charge in [-0.15, -0.1) is 71.8 Å². The molecule has 1 aliphatic carbocycles. The average molecular weight is 703 g/mol. The van der Waals surface area contributed by atoms with Gasteiger partial charge in [-0.3, -0.25) is 0 Å². The van der Waals surface area contributed by atoms with E-state index in [1.54, 1.807) is 0 Å². The Balaban J connectivity index is 0.000000186. The van der Waals surface area contributed by atoms with Gasteiger partial charge in [0, 0.05) is 43.5 Å². The van der Waals surface area contributed by atoms with Crippen molar-refractivity contribution in [2.75, 3.05) is 0 Å². The minimum Gasteiger partial charge on any atom is -0.305 e. The van der Waals surface area contributed by atoms with Crippen molar-refractivity contribution in [3.63, 3.8) is 0 Å². The third-order valence-corrected chi connectivity index (χ3v) is 9.34. The average Bonchev–Trinajstić information content (AvgIpc) is 3.15. The number of nitrogens with zero attached hydrogens (tertiary/aromatic N) is 2. The van der Waals surface area contributed by atoms with Crippen molar-refractivity contribution in [3.05, 3.63) is 126 Å². The van der Waals surface area contributed by atoms with E-state index in [1.165, 1.54) is 33.0 Å². The van der Waals surface area contributed by atoms with Gasteiger partial charge in [-0.1, -0.05) is 75.5 Å². The van der Waals surface area contributed by atoms with Crippen LogP contribution in [0, 0.1) is 19.1 Å². The van der Waals surface area contributed by atoms with Crippen LogP contribution < -0.4 is 5.19 Å². The molecule has 199 valence electrons. The van der Waals surface area contributed by atoms with Gasteiger partial charge in [0.1, 0.15) is 0 Å². The summed E-state index contributed by atoms with van der Waals surface area (Å²) in [6.07, 6.45) is 4.04. The molecular formula is C35H34IrN2Si-2. The summed E-state index contributed by atoms with van der Waals surface area (Å²) in [5, 5.41) is 1.40. The summed E-state index contributed by atoms with van der Waals surface area (Å²) in [7, 11) is -1.23. The Morgan fingerprint density at radius 3 is 1.85 bits per heavy atom. The van der Waals surface area contributed by atoms with Crippen LogP contribution in [-0.2, 0) is 25.5 Å². The second-order valence-corrected chi connectivity index (χ2v) is 16.6. The fraction of sp³-hybridized carbons (Fsp3) is 0.200. The molecule has 0 fully saturated rings. The molecule has 6 rings (SSSR count). The van der Waals surface area contributed by atoms with Gasteiger partial charge in [0.2, 0.25) is 0 Å². The van der Waals surface area contributed by atoms with E-state index in [4.69, 9.17) is 0 Å². The predicted molar refractivity (Wildman–Crippen MR) is 162 cm³/mol. The van der Waals surface area contributed by atoms with E-state index in [2.05, 4.69) is 105 Å². The Bertz CT molecular complexity index is 1550. The van der Waals surface area contributed by atoms with Crippen molar-refractivity contribution >= 4 is 13.3 Å². The normalized spacial score (nSPS) is 12.9. The van der Waals surface area contributed by atoms with Crippen LogP contribution in [0.2, 0.25) is 19.6 Å². The molecule has 0 amide bonds. The van der Waals surface area contributed by atoms with Crippen LogP contribution in [-0.4, -0.2) is 18.0 Å². The minimum absolute atomic E-state index is 0. The van der Waals surface area contributed by atoms with Crippen molar-refractivity contribution in [2.24, 2.45) is 0 Å². The Hall–Kier alpha value is -3.17. The SMILES string of the molecule is C[Si](C)(C)c1ccc(-c2[c-]cccc2)nc1.Cc1ccc2c(c1)C(C)(C)c1cc(-c3[c-]cccc3)ncc1-2.[Ir]. The summed E-state index contributed by atoms with van der Waals surface area (Å²) in [6.45, 7) is 13.8. The van der Waals surface area contributed by atoms with E-state index in [0.717, 1.165) is 22.5 Å². The first-order valence-corrected chi connectivity index (χ1v) is 16.7. The standard InChI is InChI=1S/C21H18N.C14H16NSi.Ir/c1-14-9-10-16-17-13-22-20(15-7-5-4-6-8-15)12-19(17)21(2,3)18(16)11-14;1-16(2,3)13-9-10-14(15-11-13)12-7-5-4-6-8-12;/h4-7,9-13H,1-3H3;4-7,9-11H,1-3H3;/q2*-1;. The quantitative estimate of drug-likeness (QED) is 0.140. The van der Waals surface area contributed by atoms with Crippen molar-refractivity contribution in [2.45, 2.75) is 45.8 Å². The Morgan fingerprint density at radius 1 is 0.667 bits per heavy atom. The minimum atomic E-state index is -1.23. The van der Waals surface area contributed by atoms with Gasteiger partial charge in [-0.05, 0) is 40.2 Å². The van der Waals surface area contributed by atoms with Gasteiger partial charge in [-0.25, -0.2) is 0 Å². The molecule has 0 unspecified atom stereocenters. The smallest absolute Gasteiger partial charge is 0.0795 e. The molecule has 0 saturated heterocycles.